The summed E-state index contributed by atoms with van der Waals surface area (Å²) < 4.78 is 0. The third-order valence-electron chi connectivity index (χ3n) is 3.85. The lowest BCUT2D eigenvalue weighted by molar-refractivity contribution is 0.133. The average Bonchev–Trinajstić information content (AvgIpc) is 2.39. The van der Waals surface area contributed by atoms with Gasteiger partial charge in [-0.1, -0.05) is 6.42 Å². The maximum absolute atomic E-state index is 4.21. The van der Waals surface area contributed by atoms with Gasteiger partial charge in [-0.2, -0.15) is 0 Å². The summed E-state index contributed by atoms with van der Waals surface area (Å²) in [6.07, 6.45) is 8.00. The van der Waals surface area contributed by atoms with E-state index in [0.29, 0.717) is 0 Å². The molecule has 1 atom stereocenters. The highest BCUT2D eigenvalue weighted by Crippen LogP contribution is 2.24. The first-order valence-corrected chi connectivity index (χ1v) is 6.32. The number of fused-ring (bicyclic) bond motifs is 1. The lowest BCUT2D eigenvalue weighted by Gasteiger charge is -2.44. The van der Waals surface area contributed by atoms with Crippen LogP contribution in [0, 0.1) is 0 Å². The van der Waals surface area contributed by atoms with Gasteiger partial charge in [0, 0.05) is 31.9 Å². The number of piperazine rings is 1. The van der Waals surface area contributed by atoms with Gasteiger partial charge in [-0.15, -0.1) is 0 Å². The second-order valence-electron chi connectivity index (χ2n) is 4.84. The van der Waals surface area contributed by atoms with Crippen molar-refractivity contribution in [1.82, 2.24) is 9.88 Å². The second-order valence-corrected chi connectivity index (χ2v) is 4.84. The fourth-order valence-corrected chi connectivity index (χ4v) is 2.93. The molecule has 2 saturated heterocycles. The maximum atomic E-state index is 4.21. The summed E-state index contributed by atoms with van der Waals surface area (Å²) in [6, 6.07) is 4.98. The van der Waals surface area contributed by atoms with Crippen molar-refractivity contribution in [3.63, 3.8) is 0 Å². The molecule has 3 rings (SSSR count). The topological polar surface area (TPSA) is 19.4 Å². The molecule has 86 valence electrons. The Morgan fingerprint density at radius 2 is 2.19 bits per heavy atom. The fraction of sp³-hybridized carbons (Fsp3) is 0.615. The number of pyridine rings is 1. The van der Waals surface area contributed by atoms with Gasteiger partial charge >= 0.3 is 0 Å². The molecule has 3 nitrogen and oxygen atoms in total. The Morgan fingerprint density at radius 1 is 1.19 bits per heavy atom. The summed E-state index contributed by atoms with van der Waals surface area (Å²) >= 11 is 0. The summed E-state index contributed by atoms with van der Waals surface area (Å²) in [7, 11) is 0. The Bertz CT molecular complexity index is 338. The Labute approximate surface area is 97.1 Å². The van der Waals surface area contributed by atoms with Gasteiger partial charge < -0.3 is 4.90 Å². The largest absolute Gasteiger partial charge is 0.367 e. The zero-order valence-electron chi connectivity index (χ0n) is 9.68. The number of hydrogen-bond donors (Lipinski definition) is 0. The van der Waals surface area contributed by atoms with Gasteiger partial charge in [0.2, 0.25) is 0 Å². The third-order valence-corrected chi connectivity index (χ3v) is 3.85. The number of hydrogen-bond acceptors (Lipinski definition) is 3. The molecule has 2 fully saturated rings. The minimum atomic E-state index is 0.780. The predicted molar refractivity (Wildman–Crippen MR) is 65.7 cm³/mol. The van der Waals surface area contributed by atoms with E-state index in [1.165, 1.54) is 44.6 Å². The van der Waals surface area contributed by atoms with Crippen molar-refractivity contribution in [2.24, 2.45) is 0 Å². The molecule has 0 radical (unpaired) electrons. The number of rotatable bonds is 1. The number of nitrogens with zero attached hydrogens (tertiary/aromatic N) is 3. The first-order valence-electron chi connectivity index (χ1n) is 6.32. The van der Waals surface area contributed by atoms with Gasteiger partial charge in [0.25, 0.3) is 0 Å². The van der Waals surface area contributed by atoms with Gasteiger partial charge in [0.1, 0.15) is 0 Å². The number of anilines is 1. The molecule has 3 heteroatoms. The molecule has 0 aliphatic carbocycles. The highest BCUT2D eigenvalue weighted by molar-refractivity contribution is 5.44. The maximum Gasteiger partial charge on any atom is 0.0553 e. The SMILES string of the molecule is c1cncc(N2CCN3CCCCC3C2)c1. The molecule has 1 aromatic rings. The third kappa shape index (κ3) is 1.92. The molecule has 0 saturated carbocycles. The standard InChI is InChI=1S/C13H19N3/c1-2-7-15-8-9-16(11-13(15)4-1)12-5-3-6-14-10-12/h3,5-6,10,13H,1-2,4,7-9,11H2. The van der Waals surface area contributed by atoms with Crippen LogP contribution in [0.3, 0.4) is 0 Å². The number of piperidine rings is 1. The van der Waals surface area contributed by atoms with Crippen LogP contribution < -0.4 is 4.90 Å². The lowest BCUT2D eigenvalue weighted by Crippen LogP contribution is -2.54. The van der Waals surface area contributed by atoms with E-state index in [4.69, 9.17) is 0 Å². The van der Waals surface area contributed by atoms with Crippen molar-refractivity contribution in [3.05, 3.63) is 24.5 Å². The molecule has 0 spiro atoms. The van der Waals surface area contributed by atoms with Gasteiger partial charge in [0.15, 0.2) is 0 Å². The Hall–Kier alpha value is -1.09. The van der Waals surface area contributed by atoms with Crippen LogP contribution in [0.5, 0.6) is 0 Å². The van der Waals surface area contributed by atoms with Crippen LogP contribution in [0.4, 0.5) is 5.69 Å². The normalized spacial score (nSPS) is 26.5. The molecule has 0 amide bonds. The molecule has 16 heavy (non-hydrogen) atoms. The molecule has 0 bridgehead atoms. The van der Waals surface area contributed by atoms with E-state index in [1.54, 1.807) is 0 Å². The highest BCUT2D eigenvalue weighted by atomic mass is 15.3. The van der Waals surface area contributed by atoms with E-state index < -0.39 is 0 Å². The Balaban J connectivity index is 1.71. The Kier molecular flexibility index (Phi) is 2.79. The lowest BCUT2D eigenvalue weighted by atomic mass is 9.99. The van der Waals surface area contributed by atoms with Gasteiger partial charge in [-0.3, -0.25) is 9.88 Å². The van der Waals surface area contributed by atoms with Crippen LogP contribution in [0.2, 0.25) is 0 Å². The molecule has 0 aromatic carbocycles. The van der Waals surface area contributed by atoms with Gasteiger partial charge in [0.05, 0.1) is 11.9 Å². The van der Waals surface area contributed by atoms with Gasteiger partial charge in [-0.25, -0.2) is 0 Å². The summed E-state index contributed by atoms with van der Waals surface area (Å²) in [5, 5.41) is 0. The van der Waals surface area contributed by atoms with Crippen LogP contribution in [-0.4, -0.2) is 42.1 Å². The van der Waals surface area contributed by atoms with Crippen molar-refractivity contribution in [1.29, 1.82) is 0 Å². The van der Waals surface area contributed by atoms with Crippen molar-refractivity contribution in [2.75, 3.05) is 31.1 Å². The molecular weight excluding hydrogens is 198 g/mol. The van der Waals surface area contributed by atoms with E-state index in [-0.39, 0.29) is 0 Å². The summed E-state index contributed by atoms with van der Waals surface area (Å²) in [4.78, 5) is 9.36. The van der Waals surface area contributed by atoms with Crippen molar-refractivity contribution >= 4 is 5.69 Å². The zero-order valence-corrected chi connectivity index (χ0v) is 9.68. The minimum absolute atomic E-state index is 0.780. The van der Waals surface area contributed by atoms with Crippen LogP contribution in [-0.2, 0) is 0 Å². The monoisotopic (exact) mass is 217 g/mol. The van der Waals surface area contributed by atoms with Gasteiger partial charge in [-0.05, 0) is 31.5 Å². The molecule has 1 unspecified atom stereocenters. The second kappa shape index (κ2) is 4.42. The van der Waals surface area contributed by atoms with E-state index >= 15 is 0 Å². The molecule has 1 aromatic heterocycles. The van der Waals surface area contributed by atoms with Crippen molar-refractivity contribution in [3.8, 4) is 0 Å². The highest BCUT2D eigenvalue weighted by Gasteiger charge is 2.28. The molecule has 3 heterocycles. The first-order chi connectivity index (χ1) is 7.93. The van der Waals surface area contributed by atoms with Crippen LogP contribution in [0.25, 0.3) is 0 Å². The molecule has 0 N–H and O–H groups in total. The average molecular weight is 217 g/mol. The van der Waals surface area contributed by atoms with E-state index in [0.717, 1.165) is 12.6 Å². The Morgan fingerprint density at radius 3 is 3.06 bits per heavy atom. The van der Waals surface area contributed by atoms with E-state index in [9.17, 15) is 0 Å². The zero-order chi connectivity index (χ0) is 10.8. The molecule has 2 aliphatic heterocycles. The number of aromatic nitrogens is 1. The quantitative estimate of drug-likeness (QED) is 0.714. The minimum Gasteiger partial charge on any atom is -0.367 e. The first kappa shape index (κ1) is 10.1. The molecular formula is C13H19N3. The van der Waals surface area contributed by atoms with Crippen molar-refractivity contribution in [2.45, 2.75) is 25.3 Å². The molecule has 2 aliphatic rings. The summed E-state index contributed by atoms with van der Waals surface area (Å²) in [5.74, 6) is 0. The summed E-state index contributed by atoms with van der Waals surface area (Å²) in [6.45, 7) is 4.87. The van der Waals surface area contributed by atoms with Crippen LogP contribution in [0.15, 0.2) is 24.5 Å². The predicted octanol–water partition coefficient (Wildman–Crippen LogP) is 1.76. The van der Waals surface area contributed by atoms with E-state index in [1.807, 2.05) is 18.5 Å². The summed E-state index contributed by atoms with van der Waals surface area (Å²) in [5.41, 5.74) is 1.28. The van der Waals surface area contributed by atoms with Crippen LogP contribution >= 0.6 is 0 Å². The van der Waals surface area contributed by atoms with Crippen molar-refractivity contribution < 1.29 is 0 Å². The smallest absolute Gasteiger partial charge is 0.0553 e. The van der Waals surface area contributed by atoms with E-state index in [2.05, 4.69) is 20.9 Å². The fourth-order valence-electron chi connectivity index (χ4n) is 2.93. The van der Waals surface area contributed by atoms with Crippen LogP contribution in [0.1, 0.15) is 19.3 Å².